The van der Waals surface area contributed by atoms with Crippen LogP contribution in [0.3, 0.4) is 0 Å². The average molecular weight is 611 g/mol. The Morgan fingerprint density at radius 1 is 0.923 bits per heavy atom. The van der Waals surface area contributed by atoms with E-state index in [1.54, 1.807) is 55.5 Å². The van der Waals surface area contributed by atoms with E-state index in [4.69, 9.17) is 34.8 Å². The zero-order valence-corrected chi connectivity index (χ0v) is 24.7. The third-order valence-corrected chi connectivity index (χ3v) is 8.84. The van der Waals surface area contributed by atoms with Crippen molar-refractivity contribution in [2.45, 2.75) is 44.2 Å². The zero-order valence-electron chi connectivity index (χ0n) is 21.6. The molecule has 11 heteroatoms. The van der Waals surface area contributed by atoms with Gasteiger partial charge in [-0.05, 0) is 67.4 Å². The number of para-hydroxylation sites is 1. The molecule has 3 rings (SSSR count). The van der Waals surface area contributed by atoms with Crippen LogP contribution in [0.4, 0.5) is 5.69 Å². The summed E-state index contributed by atoms with van der Waals surface area (Å²) < 4.78 is 28.5. The van der Waals surface area contributed by atoms with E-state index in [1.807, 2.05) is 6.92 Å². The maximum absolute atomic E-state index is 13.9. The first-order valence-corrected chi connectivity index (χ1v) is 15.0. The van der Waals surface area contributed by atoms with E-state index in [0.29, 0.717) is 32.9 Å². The molecular weight excluding hydrogens is 581 g/mol. The van der Waals surface area contributed by atoms with Crippen LogP contribution in [-0.2, 0) is 26.2 Å². The van der Waals surface area contributed by atoms with Gasteiger partial charge in [0.2, 0.25) is 11.8 Å². The highest BCUT2D eigenvalue weighted by Gasteiger charge is 2.32. The normalized spacial score (nSPS) is 12.0. The minimum Gasteiger partial charge on any atom is -0.354 e. The summed E-state index contributed by atoms with van der Waals surface area (Å²) >= 11 is 18.2. The van der Waals surface area contributed by atoms with E-state index in [0.717, 1.165) is 17.1 Å². The first-order valence-electron chi connectivity index (χ1n) is 12.4. The van der Waals surface area contributed by atoms with Crippen molar-refractivity contribution in [2.24, 2.45) is 0 Å². The smallest absolute Gasteiger partial charge is 0.264 e. The molecule has 0 aromatic heterocycles. The van der Waals surface area contributed by atoms with Crippen LogP contribution >= 0.6 is 34.8 Å². The Balaban J connectivity index is 1.98. The van der Waals surface area contributed by atoms with E-state index < -0.39 is 28.5 Å². The van der Waals surface area contributed by atoms with Gasteiger partial charge in [-0.3, -0.25) is 13.9 Å². The van der Waals surface area contributed by atoms with Gasteiger partial charge in [-0.25, -0.2) is 8.42 Å². The molecule has 3 aromatic carbocycles. The number of anilines is 1. The van der Waals surface area contributed by atoms with E-state index >= 15 is 0 Å². The lowest BCUT2D eigenvalue weighted by Gasteiger charge is -2.32. The number of hydrogen-bond acceptors (Lipinski definition) is 4. The van der Waals surface area contributed by atoms with E-state index in [2.05, 4.69) is 5.32 Å². The number of halogens is 3. The fourth-order valence-electron chi connectivity index (χ4n) is 3.81. The van der Waals surface area contributed by atoms with Crippen LogP contribution in [0, 0.1) is 0 Å². The van der Waals surface area contributed by atoms with Gasteiger partial charge in [0.1, 0.15) is 12.6 Å². The fourth-order valence-corrected chi connectivity index (χ4v) is 5.67. The second kappa shape index (κ2) is 14.0. The van der Waals surface area contributed by atoms with Crippen molar-refractivity contribution in [1.82, 2.24) is 10.2 Å². The van der Waals surface area contributed by atoms with Crippen molar-refractivity contribution in [1.29, 1.82) is 0 Å². The summed E-state index contributed by atoms with van der Waals surface area (Å²) in [6.45, 7) is 3.56. The van der Waals surface area contributed by atoms with Crippen LogP contribution in [0.1, 0.15) is 32.3 Å². The third-order valence-electron chi connectivity index (χ3n) is 6.06. The van der Waals surface area contributed by atoms with Gasteiger partial charge in [0.15, 0.2) is 0 Å². The van der Waals surface area contributed by atoms with E-state index in [1.165, 1.54) is 29.2 Å². The van der Waals surface area contributed by atoms with Crippen LogP contribution in [0.2, 0.25) is 15.1 Å². The Bertz CT molecular complexity index is 1390. The van der Waals surface area contributed by atoms with Gasteiger partial charge < -0.3 is 10.2 Å². The monoisotopic (exact) mass is 609 g/mol. The van der Waals surface area contributed by atoms with Gasteiger partial charge in [0, 0.05) is 18.1 Å². The lowest BCUT2D eigenvalue weighted by molar-refractivity contribution is -0.139. The molecule has 0 spiro atoms. The Kier molecular flexibility index (Phi) is 11.1. The molecule has 1 N–H and O–H groups in total. The van der Waals surface area contributed by atoms with E-state index in [-0.39, 0.29) is 17.3 Å². The number of amides is 2. The quantitative estimate of drug-likeness (QED) is 0.248. The molecule has 7 nitrogen and oxygen atoms in total. The highest BCUT2D eigenvalue weighted by atomic mass is 35.5. The summed E-state index contributed by atoms with van der Waals surface area (Å²) in [6, 6.07) is 18.1. The number of carbonyl (C=O) groups is 2. The van der Waals surface area contributed by atoms with Crippen LogP contribution in [0.15, 0.2) is 77.7 Å². The van der Waals surface area contributed by atoms with Gasteiger partial charge in [0.25, 0.3) is 10.0 Å². The number of nitrogens with one attached hydrogen (secondary N) is 1. The number of nitrogens with zero attached hydrogens (tertiary/aromatic N) is 2. The molecule has 2 amide bonds. The third kappa shape index (κ3) is 8.11. The molecule has 1 atom stereocenters. The fraction of sp³-hybridized carbons (Fsp3) is 0.286. The predicted molar refractivity (Wildman–Crippen MR) is 157 cm³/mol. The van der Waals surface area contributed by atoms with Gasteiger partial charge in [0.05, 0.1) is 20.6 Å². The molecule has 0 saturated heterocycles. The van der Waals surface area contributed by atoms with Crippen molar-refractivity contribution in [3.05, 3.63) is 93.4 Å². The van der Waals surface area contributed by atoms with Crippen LogP contribution in [0.5, 0.6) is 0 Å². The van der Waals surface area contributed by atoms with Crippen LogP contribution in [-0.4, -0.2) is 44.3 Å². The lowest BCUT2D eigenvalue weighted by Crippen LogP contribution is -2.51. The van der Waals surface area contributed by atoms with Gasteiger partial charge in [-0.1, -0.05) is 72.4 Å². The summed E-state index contributed by atoms with van der Waals surface area (Å²) in [4.78, 5) is 28.2. The molecule has 1 unspecified atom stereocenters. The molecule has 208 valence electrons. The van der Waals surface area contributed by atoms with Crippen molar-refractivity contribution >= 4 is 62.3 Å². The molecule has 0 bridgehead atoms. The standard InChI is InChI=1S/C28H30Cl3N3O4S/c1-3-4-16-32-28(36)20(2)33(18-21-10-15-25(30)26(31)17-21)27(35)19-34(23-8-6-5-7-9-23)39(37,38)24-13-11-22(29)12-14-24/h5-15,17,20H,3-4,16,18-19H2,1-2H3,(H,32,36). The Morgan fingerprint density at radius 2 is 1.59 bits per heavy atom. The first kappa shape index (κ1) is 30.8. The maximum atomic E-state index is 13.9. The van der Waals surface area contributed by atoms with Gasteiger partial charge in [-0.15, -0.1) is 0 Å². The van der Waals surface area contributed by atoms with Crippen molar-refractivity contribution < 1.29 is 18.0 Å². The minimum absolute atomic E-state index is 0.0156. The molecular formula is C28H30Cl3N3O4S. The van der Waals surface area contributed by atoms with Gasteiger partial charge in [-0.2, -0.15) is 0 Å². The largest absolute Gasteiger partial charge is 0.354 e. The van der Waals surface area contributed by atoms with Crippen LogP contribution in [0.25, 0.3) is 0 Å². The number of rotatable bonds is 12. The van der Waals surface area contributed by atoms with Crippen molar-refractivity contribution in [3.8, 4) is 0 Å². The molecule has 0 aliphatic carbocycles. The number of unbranched alkanes of at least 4 members (excludes halogenated alkanes) is 1. The Morgan fingerprint density at radius 3 is 2.21 bits per heavy atom. The summed E-state index contributed by atoms with van der Waals surface area (Å²) in [6.07, 6.45) is 1.69. The topological polar surface area (TPSA) is 86.8 Å². The highest BCUT2D eigenvalue weighted by Crippen LogP contribution is 2.26. The first-order chi connectivity index (χ1) is 18.5. The number of benzene rings is 3. The molecule has 0 saturated carbocycles. The Hall–Kier alpha value is -2.78. The van der Waals surface area contributed by atoms with Crippen molar-refractivity contribution in [2.75, 3.05) is 17.4 Å². The molecule has 3 aromatic rings. The molecule has 0 radical (unpaired) electrons. The minimum atomic E-state index is -4.16. The predicted octanol–water partition coefficient (Wildman–Crippen LogP) is 6.18. The maximum Gasteiger partial charge on any atom is 0.264 e. The molecule has 0 aliphatic rings. The second-order valence-electron chi connectivity index (χ2n) is 8.89. The van der Waals surface area contributed by atoms with Gasteiger partial charge >= 0.3 is 0 Å². The summed E-state index contributed by atoms with van der Waals surface area (Å²) in [5.41, 5.74) is 0.938. The molecule has 0 aliphatic heterocycles. The second-order valence-corrected chi connectivity index (χ2v) is 12.0. The molecule has 39 heavy (non-hydrogen) atoms. The highest BCUT2D eigenvalue weighted by molar-refractivity contribution is 7.92. The number of hydrogen-bond donors (Lipinski definition) is 1. The molecule has 0 fully saturated rings. The van der Waals surface area contributed by atoms with Crippen molar-refractivity contribution in [3.63, 3.8) is 0 Å². The summed E-state index contributed by atoms with van der Waals surface area (Å²) in [7, 11) is -4.16. The number of carbonyl (C=O) groups excluding carboxylic acids is 2. The SMILES string of the molecule is CCCCNC(=O)C(C)N(Cc1ccc(Cl)c(Cl)c1)C(=O)CN(c1ccccc1)S(=O)(=O)c1ccc(Cl)cc1. The summed E-state index contributed by atoms with van der Waals surface area (Å²) in [5, 5.41) is 3.89. The molecule has 0 heterocycles. The summed E-state index contributed by atoms with van der Waals surface area (Å²) in [5.74, 6) is -0.913. The lowest BCUT2D eigenvalue weighted by atomic mass is 10.1. The zero-order chi connectivity index (χ0) is 28.6. The van der Waals surface area contributed by atoms with Crippen LogP contribution < -0.4 is 9.62 Å². The Labute approximate surface area is 244 Å². The van der Waals surface area contributed by atoms with E-state index in [9.17, 15) is 18.0 Å². The number of sulfonamides is 1. The average Bonchev–Trinajstić information content (AvgIpc) is 2.92.